The van der Waals surface area contributed by atoms with Crippen LogP contribution in [0.15, 0.2) is 40.9 Å². The molecular formula is C27H36FN5O2. The molecule has 1 aromatic carbocycles. The number of nitrogens with one attached hydrogen (secondary N) is 1. The average molecular weight is 482 g/mol. The van der Waals surface area contributed by atoms with E-state index >= 15 is 0 Å². The number of pyridine rings is 1. The van der Waals surface area contributed by atoms with Gasteiger partial charge in [0.2, 0.25) is 5.88 Å². The average Bonchev–Trinajstić information content (AvgIpc) is 3.28. The van der Waals surface area contributed by atoms with Crippen LogP contribution >= 0.6 is 0 Å². The molecule has 3 atom stereocenters. The molecule has 8 heteroatoms. The normalized spacial score (nSPS) is 21.9. The number of halogens is 1. The first-order chi connectivity index (χ1) is 17.0. The number of nitrogens with zero attached hydrogens (tertiary/aromatic N) is 4. The van der Waals surface area contributed by atoms with Crippen molar-refractivity contribution in [3.8, 4) is 5.88 Å². The topological polar surface area (TPSA) is 66.7 Å². The van der Waals surface area contributed by atoms with E-state index in [0.29, 0.717) is 42.0 Å². The summed E-state index contributed by atoms with van der Waals surface area (Å²) in [6.45, 7) is 11.8. The standard InChI is InChI=1S/C27H36FN5O2/c1-18(2)19(3)29-14-22-5-4-6-26(30-22)34-17-20-7-9-23-16-33(12-11-32(23)15-20)27-24-13-21(28)8-10-25(24)35-31-27/h4-6,8,10,13,18-20,23,29H,7,9,11-12,14-17H2,1-3H3. The maximum Gasteiger partial charge on any atom is 0.213 e. The summed E-state index contributed by atoms with van der Waals surface area (Å²) in [4.78, 5) is 9.50. The van der Waals surface area contributed by atoms with Gasteiger partial charge in [0.05, 0.1) is 17.7 Å². The highest BCUT2D eigenvalue weighted by atomic mass is 19.1. The van der Waals surface area contributed by atoms with Gasteiger partial charge in [0, 0.05) is 56.8 Å². The Morgan fingerprint density at radius 3 is 2.89 bits per heavy atom. The summed E-state index contributed by atoms with van der Waals surface area (Å²) >= 11 is 0. The van der Waals surface area contributed by atoms with Gasteiger partial charge >= 0.3 is 0 Å². The zero-order valence-corrected chi connectivity index (χ0v) is 20.9. The summed E-state index contributed by atoms with van der Waals surface area (Å²) in [7, 11) is 0. The molecule has 2 fully saturated rings. The van der Waals surface area contributed by atoms with Gasteiger partial charge in [-0.05, 0) is 49.9 Å². The number of anilines is 1. The van der Waals surface area contributed by atoms with Crippen LogP contribution in [0.4, 0.5) is 10.2 Å². The summed E-state index contributed by atoms with van der Waals surface area (Å²) in [6.07, 6.45) is 2.23. The van der Waals surface area contributed by atoms with Crippen LogP contribution in [0.2, 0.25) is 0 Å². The molecule has 35 heavy (non-hydrogen) atoms. The highest BCUT2D eigenvalue weighted by molar-refractivity contribution is 5.88. The number of hydrogen-bond donors (Lipinski definition) is 1. The molecular weight excluding hydrogens is 445 g/mol. The quantitative estimate of drug-likeness (QED) is 0.509. The van der Waals surface area contributed by atoms with Gasteiger partial charge < -0.3 is 19.5 Å². The number of benzene rings is 1. The second kappa shape index (κ2) is 10.5. The van der Waals surface area contributed by atoms with Gasteiger partial charge in [-0.2, -0.15) is 0 Å². The lowest BCUT2D eigenvalue weighted by Crippen LogP contribution is -2.57. The number of piperidine rings is 1. The molecule has 0 radical (unpaired) electrons. The zero-order chi connectivity index (χ0) is 24.4. The third kappa shape index (κ3) is 5.59. The van der Waals surface area contributed by atoms with Crippen LogP contribution in [0.3, 0.4) is 0 Å². The Kier molecular flexibility index (Phi) is 7.20. The van der Waals surface area contributed by atoms with Crippen LogP contribution in [0, 0.1) is 17.7 Å². The summed E-state index contributed by atoms with van der Waals surface area (Å²) in [5.74, 6) is 2.28. The van der Waals surface area contributed by atoms with Crippen molar-refractivity contribution in [2.24, 2.45) is 11.8 Å². The second-order valence-electron chi connectivity index (χ2n) is 10.4. The Morgan fingerprint density at radius 1 is 1.14 bits per heavy atom. The minimum atomic E-state index is -0.262. The van der Waals surface area contributed by atoms with E-state index in [9.17, 15) is 4.39 Å². The molecule has 0 spiro atoms. The van der Waals surface area contributed by atoms with Crippen LogP contribution in [0.5, 0.6) is 5.88 Å². The molecule has 2 aromatic heterocycles. The Balaban J connectivity index is 1.12. The molecule has 0 amide bonds. The second-order valence-corrected chi connectivity index (χ2v) is 10.4. The van der Waals surface area contributed by atoms with Crippen LogP contribution in [0.25, 0.3) is 11.0 Å². The molecule has 3 aromatic rings. The molecule has 0 aliphatic carbocycles. The zero-order valence-electron chi connectivity index (χ0n) is 20.9. The van der Waals surface area contributed by atoms with Crippen molar-refractivity contribution >= 4 is 16.8 Å². The van der Waals surface area contributed by atoms with Crippen molar-refractivity contribution in [1.82, 2.24) is 20.4 Å². The molecule has 2 saturated heterocycles. The van der Waals surface area contributed by atoms with E-state index in [1.807, 2.05) is 18.2 Å². The molecule has 4 heterocycles. The Labute approximate surface area is 206 Å². The van der Waals surface area contributed by atoms with E-state index < -0.39 is 0 Å². The maximum absolute atomic E-state index is 13.8. The number of piperazine rings is 1. The molecule has 3 unspecified atom stereocenters. The molecule has 7 nitrogen and oxygen atoms in total. The van der Waals surface area contributed by atoms with Crippen molar-refractivity contribution in [1.29, 1.82) is 0 Å². The van der Waals surface area contributed by atoms with Crippen LogP contribution in [-0.4, -0.2) is 59.9 Å². The fourth-order valence-corrected chi connectivity index (χ4v) is 5.05. The largest absolute Gasteiger partial charge is 0.477 e. The first kappa shape index (κ1) is 24.0. The number of rotatable bonds is 8. The molecule has 188 valence electrons. The van der Waals surface area contributed by atoms with Crippen molar-refractivity contribution in [3.05, 3.63) is 47.9 Å². The molecule has 2 aliphatic heterocycles. The lowest BCUT2D eigenvalue weighted by atomic mass is 9.91. The third-order valence-corrected chi connectivity index (χ3v) is 7.57. The van der Waals surface area contributed by atoms with Crippen LogP contribution < -0.4 is 15.0 Å². The lowest BCUT2D eigenvalue weighted by molar-refractivity contribution is 0.0716. The Morgan fingerprint density at radius 2 is 2.03 bits per heavy atom. The number of hydrogen-bond acceptors (Lipinski definition) is 7. The fraction of sp³-hybridized carbons (Fsp3) is 0.556. The van der Waals surface area contributed by atoms with E-state index in [1.165, 1.54) is 12.1 Å². The van der Waals surface area contributed by atoms with Gasteiger partial charge in [0.15, 0.2) is 11.4 Å². The summed E-state index contributed by atoms with van der Waals surface area (Å²) in [5, 5.41) is 8.53. The van der Waals surface area contributed by atoms with Gasteiger partial charge in [-0.3, -0.25) is 4.90 Å². The van der Waals surface area contributed by atoms with E-state index in [4.69, 9.17) is 14.2 Å². The van der Waals surface area contributed by atoms with Gasteiger partial charge in [-0.15, -0.1) is 0 Å². The molecule has 5 rings (SSSR count). The van der Waals surface area contributed by atoms with Gasteiger partial charge in [-0.1, -0.05) is 25.1 Å². The van der Waals surface area contributed by atoms with Crippen LogP contribution in [-0.2, 0) is 6.54 Å². The first-order valence-electron chi connectivity index (χ1n) is 12.8. The van der Waals surface area contributed by atoms with E-state index in [2.05, 4.69) is 41.0 Å². The highest BCUT2D eigenvalue weighted by Crippen LogP contribution is 2.31. The summed E-state index contributed by atoms with van der Waals surface area (Å²) < 4.78 is 25.3. The first-order valence-corrected chi connectivity index (χ1v) is 12.8. The van der Waals surface area contributed by atoms with Crippen molar-refractivity contribution in [2.45, 2.75) is 52.2 Å². The minimum Gasteiger partial charge on any atom is -0.477 e. The van der Waals surface area contributed by atoms with Crippen molar-refractivity contribution in [2.75, 3.05) is 37.7 Å². The number of ether oxygens (including phenoxy) is 1. The van der Waals surface area contributed by atoms with E-state index in [1.54, 1.807) is 6.07 Å². The Bertz CT molecular complexity index is 1140. The predicted octanol–water partition coefficient (Wildman–Crippen LogP) is 4.48. The monoisotopic (exact) mass is 481 g/mol. The van der Waals surface area contributed by atoms with E-state index in [-0.39, 0.29) is 5.82 Å². The Hall–Kier alpha value is -2.71. The van der Waals surface area contributed by atoms with Gasteiger partial charge in [0.1, 0.15) is 5.82 Å². The third-order valence-electron chi connectivity index (χ3n) is 7.57. The molecule has 2 aliphatic rings. The summed E-state index contributed by atoms with van der Waals surface area (Å²) in [6, 6.07) is 11.5. The van der Waals surface area contributed by atoms with Crippen molar-refractivity contribution in [3.63, 3.8) is 0 Å². The fourth-order valence-electron chi connectivity index (χ4n) is 5.05. The lowest BCUT2D eigenvalue weighted by Gasteiger charge is -2.46. The van der Waals surface area contributed by atoms with Crippen molar-refractivity contribution < 1.29 is 13.7 Å². The number of fused-ring (bicyclic) bond motifs is 2. The number of aromatic nitrogens is 2. The van der Waals surface area contributed by atoms with Gasteiger partial charge in [0.25, 0.3) is 0 Å². The molecule has 0 saturated carbocycles. The maximum atomic E-state index is 13.8. The molecule has 0 bridgehead atoms. The van der Waals surface area contributed by atoms with Gasteiger partial charge in [-0.25, -0.2) is 9.37 Å². The minimum absolute atomic E-state index is 0.262. The van der Waals surface area contributed by atoms with Crippen LogP contribution in [0.1, 0.15) is 39.3 Å². The highest BCUT2D eigenvalue weighted by Gasteiger charge is 2.34. The van der Waals surface area contributed by atoms with E-state index in [0.717, 1.165) is 62.5 Å². The summed E-state index contributed by atoms with van der Waals surface area (Å²) in [5.41, 5.74) is 1.64. The predicted molar refractivity (Wildman–Crippen MR) is 135 cm³/mol. The smallest absolute Gasteiger partial charge is 0.213 e. The SMILES string of the molecule is CC(C)C(C)NCc1cccc(OCC2CCC3CN(c4noc5ccc(F)cc45)CCN3C2)n1. The molecule has 1 N–H and O–H groups in total.